The van der Waals surface area contributed by atoms with Gasteiger partial charge in [0.2, 0.25) is 0 Å². The summed E-state index contributed by atoms with van der Waals surface area (Å²) in [4.78, 5) is 0. The predicted octanol–water partition coefficient (Wildman–Crippen LogP) is 2.77. The van der Waals surface area contributed by atoms with E-state index < -0.39 is 0 Å². The Morgan fingerprint density at radius 2 is 2.25 bits per heavy atom. The first-order valence-electron chi connectivity index (χ1n) is 4.98. The molecule has 0 aromatic rings. The summed E-state index contributed by atoms with van der Waals surface area (Å²) in [5, 5.41) is 0. The van der Waals surface area contributed by atoms with Gasteiger partial charge >= 0.3 is 0 Å². The van der Waals surface area contributed by atoms with Gasteiger partial charge in [-0.3, -0.25) is 0 Å². The van der Waals surface area contributed by atoms with Crippen molar-refractivity contribution in [1.29, 1.82) is 0 Å². The molecule has 68 valence electrons. The molecule has 0 N–H and O–H groups in total. The van der Waals surface area contributed by atoms with Crippen molar-refractivity contribution in [1.82, 2.24) is 0 Å². The summed E-state index contributed by atoms with van der Waals surface area (Å²) < 4.78 is 5.73. The van der Waals surface area contributed by atoms with Gasteiger partial charge in [0, 0.05) is 6.61 Å². The van der Waals surface area contributed by atoms with E-state index in [0.29, 0.717) is 11.5 Å². The molecule has 0 saturated carbocycles. The van der Waals surface area contributed by atoms with E-state index in [4.69, 9.17) is 4.74 Å². The molecule has 1 heteroatoms. The highest BCUT2D eigenvalue weighted by atomic mass is 16.5. The van der Waals surface area contributed by atoms with Crippen molar-refractivity contribution in [2.45, 2.75) is 39.2 Å². The van der Waals surface area contributed by atoms with Gasteiger partial charge in [0.1, 0.15) is 0 Å². The molecule has 0 aromatic carbocycles. The summed E-state index contributed by atoms with van der Waals surface area (Å²) in [6, 6.07) is 0. The van der Waals surface area contributed by atoms with E-state index in [1.165, 1.54) is 19.3 Å². The van der Waals surface area contributed by atoms with Crippen LogP contribution in [0.15, 0.2) is 12.2 Å². The maximum absolute atomic E-state index is 5.73. The second-order valence-corrected chi connectivity index (χ2v) is 4.69. The second kappa shape index (κ2) is 2.88. The second-order valence-electron chi connectivity index (χ2n) is 4.69. The molecule has 0 amide bonds. The van der Waals surface area contributed by atoms with Gasteiger partial charge in [-0.25, -0.2) is 0 Å². The van der Waals surface area contributed by atoms with Crippen LogP contribution in [-0.4, -0.2) is 12.7 Å². The lowest BCUT2D eigenvalue weighted by atomic mass is 9.68. The first-order valence-corrected chi connectivity index (χ1v) is 4.98. The first kappa shape index (κ1) is 8.31. The van der Waals surface area contributed by atoms with Crippen LogP contribution in [-0.2, 0) is 4.74 Å². The maximum Gasteiger partial charge on any atom is 0.0789 e. The Labute approximate surface area is 74.8 Å². The Balaban J connectivity index is 2.17. The summed E-state index contributed by atoms with van der Waals surface area (Å²) in [5.41, 5.74) is 0.494. The van der Waals surface area contributed by atoms with Crippen LogP contribution in [0.3, 0.4) is 0 Å². The zero-order valence-corrected chi connectivity index (χ0v) is 8.05. The number of rotatable bonds is 0. The Bertz CT molecular complexity index is 193. The van der Waals surface area contributed by atoms with Gasteiger partial charge in [0.05, 0.1) is 6.10 Å². The van der Waals surface area contributed by atoms with Crippen LogP contribution in [0.5, 0.6) is 0 Å². The molecule has 0 bridgehead atoms. The molecule has 1 aliphatic heterocycles. The van der Waals surface area contributed by atoms with Gasteiger partial charge in [-0.15, -0.1) is 0 Å². The maximum atomic E-state index is 5.73. The van der Waals surface area contributed by atoms with Gasteiger partial charge in [-0.05, 0) is 30.6 Å². The standard InChI is InChI=1S/C11H18O/c1-11(2)7-8-12-10-6-4-3-5-9(10)11/h4,6,9-10H,3,5,7-8H2,1-2H3. The third kappa shape index (κ3) is 1.31. The molecular weight excluding hydrogens is 148 g/mol. The summed E-state index contributed by atoms with van der Waals surface area (Å²) in [6.07, 6.45) is 8.73. The number of fused-ring (bicyclic) bond motifs is 1. The minimum absolute atomic E-state index is 0.419. The van der Waals surface area contributed by atoms with Crippen LogP contribution < -0.4 is 0 Å². The van der Waals surface area contributed by atoms with E-state index in [-0.39, 0.29) is 0 Å². The Hall–Kier alpha value is -0.300. The normalized spacial score (nSPS) is 39.2. The predicted molar refractivity (Wildman–Crippen MR) is 50.0 cm³/mol. The molecular formula is C11H18O. The first-order chi connectivity index (χ1) is 5.70. The van der Waals surface area contributed by atoms with Gasteiger partial charge in [-0.1, -0.05) is 26.0 Å². The van der Waals surface area contributed by atoms with Gasteiger partial charge in [0.15, 0.2) is 0 Å². The van der Waals surface area contributed by atoms with E-state index in [1.807, 2.05) is 0 Å². The molecule has 0 aromatic heterocycles. The third-order valence-electron chi connectivity index (χ3n) is 3.43. The highest BCUT2D eigenvalue weighted by Crippen LogP contribution is 2.42. The quantitative estimate of drug-likeness (QED) is 0.503. The average molecular weight is 166 g/mol. The Kier molecular flexibility index (Phi) is 1.99. The summed E-state index contributed by atoms with van der Waals surface area (Å²) in [5.74, 6) is 0.760. The molecule has 2 rings (SSSR count). The number of hydrogen-bond donors (Lipinski definition) is 0. The van der Waals surface area contributed by atoms with Crippen molar-refractivity contribution >= 4 is 0 Å². The molecule has 1 fully saturated rings. The molecule has 1 heterocycles. The fourth-order valence-electron chi connectivity index (χ4n) is 2.46. The van der Waals surface area contributed by atoms with Crippen LogP contribution in [0, 0.1) is 11.3 Å². The Morgan fingerprint density at radius 1 is 1.42 bits per heavy atom. The zero-order chi connectivity index (χ0) is 8.60. The van der Waals surface area contributed by atoms with Crippen LogP contribution in [0.25, 0.3) is 0 Å². The number of hydrogen-bond acceptors (Lipinski definition) is 1. The van der Waals surface area contributed by atoms with Crippen molar-refractivity contribution in [2.75, 3.05) is 6.61 Å². The minimum atomic E-state index is 0.419. The van der Waals surface area contributed by atoms with Crippen molar-refractivity contribution in [3.8, 4) is 0 Å². The highest BCUT2D eigenvalue weighted by Gasteiger charge is 2.39. The molecule has 1 aliphatic carbocycles. The van der Waals surface area contributed by atoms with Crippen LogP contribution in [0.2, 0.25) is 0 Å². The number of allylic oxidation sites excluding steroid dienone is 1. The molecule has 1 saturated heterocycles. The fourth-order valence-corrected chi connectivity index (χ4v) is 2.46. The van der Waals surface area contributed by atoms with E-state index in [9.17, 15) is 0 Å². The smallest absolute Gasteiger partial charge is 0.0789 e. The molecule has 2 aliphatic rings. The molecule has 2 unspecified atom stereocenters. The number of ether oxygens (including phenoxy) is 1. The fraction of sp³-hybridized carbons (Fsp3) is 0.818. The van der Waals surface area contributed by atoms with Crippen molar-refractivity contribution in [2.24, 2.45) is 11.3 Å². The van der Waals surface area contributed by atoms with Crippen LogP contribution >= 0.6 is 0 Å². The largest absolute Gasteiger partial charge is 0.374 e. The van der Waals surface area contributed by atoms with Gasteiger partial charge < -0.3 is 4.74 Å². The molecule has 1 nitrogen and oxygen atoms in total. The monoisotopic (exact) mass is 166 g/mol. The lowest BCUT2D eigenvalue weighted by molar-refractivity contribution is -0.0707. The van der Waals surface area contributed by atoms with E-state index in [2.05, 4.69) is 26.0 Å². The molecule has 0 radical (unpaired) electrons. The average Bonchev–Trinajstić information content (AvgIpc) is 2.04. The Morgan fingerprint density at radius 3 is 3.00 bits per heavy atom. The lowest BCUT2D eigenvalue weighted by Crippen LogP contribution is -2.41. The third-order valence-corrected chi connectivity index (χ3v) is 3.43. The summed E-state index contributed by atoms with van der Waals surface area (Å²) in [7, 11) is 0. The van der Waals surface area contributed by atoms with Crippen molar-refractivity contribution in [3.05, 3.63) is 12.2 Å². The molecule has 12 heavy (non-hydrogen) atoms. The summed E-state index contributed by atoms with van der Waals surface area (Å²) >= 11 is 0. The van der Waals surface area contributed by atoms with Crippen LogP contribution in [0.1, 0.15) is 33.1 Å². The SMILES string of the molecule is CC1(C)CCOC2C=CCCC21. The molecule has 0 spiro atoms. The highest BCUT2D eigenvalue weighted by molar-refractivity contribution is 5.04. The van der Waals surface area contributed by atoms with Crippen molar-refractivity contribution < 1.29 is 4.74 Å². The van der Waals surface area contributed by atoms with E-state index in [0.717, 1.165) is 12.5 Å². The zero-order valence-electron chi connectivity index (χ0n) is 8.05. The van der Waals surface area contributed by atoms with E-state index in [1.54, 1.807) is 0 Å². The van der Waals surface area contributed by atoms with Gasteiger partial charge in [0.25, 0.3) is 0 Å². The van der Waals surface area contributed by atoms with Crippen LogP contribution in [0.4, 0.5) is 0 Å². The van der Waals surface area contributed by atoms with Crippen molar-refractivity contribution in [3.63, 3.8) is 0 Å². The lowest BCUT2D eigenvalue weighted by Gasteiger charge is -2.44. The van der Waals surface area contributed by atoms with Gasteiger partial charge in [-0.2, -0.15) is 0 Å². The minimum Gasteiger partial charge on any atom is -0.374 e. The molecule has 2 atom stereocenters. The summed E-state index contributed by atoms with van der Waals surface area (Å²) in [6.45, 7) is 5.71. The van der Waals surface area contributed by atoms with E-state index >= 15 is 0 Å². The topological polar surface area (TPSA) is 9.23 Å².